The van der Waals surface area contributed by atoms with Crippen molar-refractivity contribution in [2.24, 2.45) is 0 Å². The molecule has 0 aliphatic carbocycles. The van der Waals surface area contributed by atoms with E-state index in [0.717, 1.165) is 109 Å². The molecule has 0 rings (SSSR count). The molecule has 0 radical (unpaired) electrons. The lowest BCUT2D eigenvalue weighted by Gasteiger charge is -2.18. The van der Waals surface area contributed by atoms with E-state index in [4.69, 9.17) is 14.2 Å². The predicted molar refractivity (Wildman–Crippen MR) is 293 cm³/mol. The van der Waals surface area contributed by atoms with Crippen molar-refractivity contribution < 1.29 is 28.6 Å². The summed E-state index contributed by atoms with van der Waals surface area (Å²) in [5.41, 5.74) is 0. The molecular weight excluding hydrogens is 841 g/mol. The van der Waals surface area contributed by atoms with Crippen molar-refractivity contribution in [1.82, 2.24) is 0 Å². The number of esters is 3. The molecule has 6 nitrogen and oxygen atoms in total. The maximum absolute atomic E-state index is 12.8. The molecule has 0 bridgehead atoms. The van der Waals surface area contributed by atoms with E-state index >= 15 is 0 Å². The van der Waals surface area contributed by atoms with Crippen molar-refractivity contribution in [3.05, 3.63) is 122 Å². The highest BCUT2D eigenvalue weighted by Crippen LogP contribution is 2.15. The standard InChI is InChI=1S/C62H100O6/c1-4-7-10-13-16-19-22-25-28-30-31-32-35-37-40-43-46-49-52-55-61(64)67-58-59(57-66-60(63)54-51-48-45-42-39-36-33-27-24-21-18-15-12-9-6-3)68-62(65)56-53-50-47-44-41-38-34-29-26-23-20-17-14-11-8-5-2/h7,9-10,12,16,18-19,21,25,27-28,31-33,37,39-40,42,48,51,59H,4-6,8,11,13-15,17,20,22-24,26,29-30,34-36,38,41,43-47,49-50,52-58H2,1-3H3/b10-7-,12-9-,19-16-,21-18-,28-25-,32-31-,33-27-,40-37-,42-39-,51-48-. The maximum Gasteiger partial charge on any atom is 0.309 e. The fourth-order valence-electron chi connectivity index (χ4n) is 7.19. The Labute approximate surface area is 418 Å². The molecule has 0 aromatic carbocycles. The second kappa shape index (κ2) is 55.4. The van der Waals surface area contributed by atoms with Crippen LogP contribution in [0.5, 0.6) is 0 Å². The van der Waals surface area contributed by atoms with Crippen LogP contribution >= 0.6 is 0 Å². The third-order valence-electron chi connectivity index (χ3n) is 11.2. The van der Waals surface area contributed by atoms with Gasteiger partial charge in [0.15, 0.2) is 6.10 Å². The number of carbonyl (C=O) groups is 3. The fourth-order valence-corrected chi connectivity index (χ4v) is 7.19. The molecule has 0 saturated carbocycles. The van der Waals surface area contributed by atoms with Crippen molar-refractivity contribution in [3.8, 4) is 0 Å². The van der Waals surface area contributed by atoms with Crippen molar-refractivity contribution in [3.63, 3.8) is 0 Å². The zero-order chi connectivity index (χ0) is 49.3. The normalized spacial score (nSPS) is 13.0. The number of allylic oxidation sites excluding steroid dienone is 19. The zero-order valence-electron chi connectivity index (χ0n) is 43.8. The summed E-state index contributed by atoms with van der Waals surface area (Å²) in [5, 5.41) is 0. The Bertz CT molecular complexity index is 1450. The molecule has 0 aromatic heterocycles. The van der Waals surface area contributed by atoms with Crippen molar-refractivity contribution in [2.45, 2.75) is 239 Å². The fraction of sp³-hybridized carbons (Fsp3) is 0.629. The molecule has 0 aliphatic rings. The van der Waals surface area contributed by atoms with Gasteiger partial charge in [0.05, 0.1) is 6.42 Å². The lowest BCUT2D eigenvalue weighted by Crippen LogP contribution is -2.30. The monoisotopic (exact) mass is 941 g/mol. The topological polar surface area (TPSA) is 78.9 Å². The summed E-state index contributed by atoms with van der Waals surface area (Å²) in [6.07, 6.45) is 76.4. The number of unbranched alkanes of at least 4 members (excludes halogenated alkanes) is 18. The van der Waals surface area contributed by atoms with Crippen LogP contribution in [0.2, 0.25) is 0 Å². The maximum atomic E-state index is 12.8. The second-order valence-electron chi connectivity index (χ2n) is 17.8. The van der Waals surface area contributed by atoms with Gasteiger partial charge in [-0.2, -0.15) is 0 Å². The average Bonchev–Trinajstić information content (AvgIpc) is 3.34. The van der Waals surface area contributed by atoms with Crippen LogP contribution in [-0.4, -0.2) is 37.2 Å². The van der Waals surface area contributed by atoms with Crippen molar-refractivity contribution in [1.29, 1.82) is 0 Å². The SMILES string of the molecule is CC/C=C\C/C=C\C/C=C\C/C=C\C/C=C\CCCCCC(=O)OCC(COC(=O)C/C=C\C/C=C\C/C=C\C/C=C\C/C=C\CC)OC(=O)CCCCCCCCCCCCCCCCCC. The van der Waals surface area contributed by atoms with E-state index in [2.05, 4.69) is 130 Å². The minimum atomic E-state index is -0.833. The summed E-state index contributed by atoms with van der Waals surface area (Å²) in [7, 11) is 0. The number of rotatable bonds is 48. The first-order chi connectivity index (χ1) is 33.5. The molecule has 0 N–H and O–H groups in total. The van der Waals surface area contributed by atoms with Gasteiger partial charge >= 0.3 is 17.9 Å². The Hall–Kier alpha value is -4.19. The summed E-state index contributed by atoms with van der Waals surface area (Å²) in [5.74, 6) is -1.09. The Kier molecular flexibility index (Phi) is 52.0. The van der Waals surface area contributed by atoms with E-state index in [0.29, 0.717) is 12.8 Å². The molecule has 0 spiro atoms. The van der Waals surface area contributed by atoms with Crippen molar-refractivity contribution in [2.75, 3.05) is 13.2 Å². The van der Waals surface area contributed by atoms with E-state index in [1.807, 2.05) is 6.08 Å². The van der Waals surface area contributed by atoms with E-state index in [-0.39, 0.29) is 31.6 Å². The minimum Gasteiger partial charge on any atom is -0.462 e. The van der Waals surface area contributed by atoms with Crippen LogP contribution in [-0.2, 0) is 28.6 Å². The summed E-state index contributed by atoms with van der Waals surface area (Å²) in [6.45, 7) is 6.29. The van der Waals surface area contributed by atoms with Gasteiger partial charge in [-0.05, 0) is 89.9 Å². The van der Waals surface area contributed by atoms with E-state index in [1.54, 1.807) is 6.08 Å². The molecule has 0 aliphatic heterocycles. The Balaban J connectivity index is 4.55. The van der Waals surface area contributed by atoms with Crippen LogP contribution < -0.4 is 0 Å². The molecule has 384 valence electrons. The number of hydrogen-bond acceptors (Lipinski definition) is 6. The van der Waals surface area contributed by atoms with Gasteiger partial charge in [-0.3, -0.25) is 14.4 Å². The summed E-state index contributed by atoms with van der Waals surface area (Å²) >= 11 is 0. The van der Waals surface area contributed by atoms with Crippen LogP contribution in [0.4, 0.5) is 0 Å². The lowest BCUT2D eigenvalue weighted by molar-refractivity contribution is -0.166. The number of ether oxygens (including phenoxy) is 3. The van der Waals surface area contributed by atoms with Gasteiger partial charge in [0.2, 0.25) is 0 Å². The quantitative estimate of drug-likeness (QED) is 0.0262. The lowest BCUT2D eigenvalue weighted by atomic mass is 10.0. The van der Waals surface area contributed by atoms with Crippen LogP contribution in [0.1, 0.15) is 233 Å². The van der Waals surface area contributed by atoms with E-state index in [1.165, 1.54) is 83.5 Å². The Morgan fingerprint density at radius 3 is 1.03 bits per heavy atom. The largest absolute Gasteiger partial charge is 0.462 e. The summed E-state index contributed by atoms with van der Waals surface area (Å²) in [6, 6.07) is 0. The summed E-state index contributed by atoms with van der Waals surface area (Å²) < 4.78 is 16.7. The van der Waals surface area contributed by atoms with Crippen LogP contribution in [0.15, 0.2) is 122 Å². The van der Waals surface area contributed by atoms with E-state index < -0.39 is 12.1 Å². The Morgan fingerprint density at radius 1 is 0.324 bits per heavy atom. The van der Waals surface area contributed by atoms with Crippen molar-refractivity contribution >= 4 is 17.9 Å². The molecule has 0 fully saturated rings. The van der Waals surface area contributed by atoms with Crippen LogP contribution in [0.3, 0.4) is 0 Å². The van der Waals surface area contributed by atoms with Gasteiger partial charge in [-0.15, -0.1) is 0 Å². The van der Waals surface area contributed by atoms with Gasteiger partial charge < -0.3 is 14.2 Å². The van der Waals surface area contributed by atoms with Gasteiger partial charge in [-0.1, -0.05) is 245 Å². The number of hydrogen-bond donors (Lipinski definition) is 0. The van der Waals surface area contributed by atoms with Gasteiger partial charge in [0, 0.05) is 12.8 Å². The van der Waals surface area contributed by atoms with E-state index in [9.17, 15) is 14.4 Å². The molecule has 0 aromatic rings. The average molecular weight is 941 g/mol. The first-order valence-corrected chi connectivity index (χ1v) is 27.5. The molecule has 0 amide bonds. The number of carbonyl (C=O) groups excluding carboxylic acids is 3. The third-order valence-corrected chi connectivity index (χ3v) is 11.2. The van der Waals surface area contributed by atoms with Gasteiger partial charge in [0.1, 0.15) is 13.2 Å². The van der Waals surface area contributed by atoms with Crippen LogP contribution in [0, 0.1) is 0 Å². The van der Waals surface area contributed by atoms with Gasteiger partial charge in [-0.25, -0.2) is 0 Å². The molecule has 1 atom stereocenters. The summed E-state index contributed by atoms with van der Waals surface area (Å²) in [4.78, 5) is 38.0. The Morgan fingerprint density at radius 2 is 0.632 bits per heavy atom. The second-order valence-corrected chi connectivity index (χ2v) is 17.8. The molecular formula is C62H100O6. The smallest absolute Gasteiger partial charge is 0.309 e. The molecule has 6 heteroatoms. The zero-order valence-corrected chi connectivity index (χ0v) is 43.8. The van der Waals surface area contributed by atoms with Crippen LogP contribution in [0.25, 0.3) is 0 Å². The highest BCUT2D eigenvalue weighted by molar-refractivity contribution is 5.72. The highest BCUT2D eigenvalue weighted by atomic mass is 16.6. The molecule has 68 heavy (non-hydrogen) atoms. The van der Waals surface area contributed by atoms with Gasteiger partial charge in [0.25, 0.3) is 0 Å². The molecule has 0 saturated heterocycles. The molecule has 1 unspecified atom stereocenters. The predicted octanol–water partition coefficient (Wildman–Crippen LogP) is 18.5. The first kappa shape index (κ1) is 63.8. The third kappa shape index (κ3) is 52.8. The minimum absolute atomic E-state index is 0.118. The highest BCUT2D eigenvalue weighted by Gasteiger charge is 2.19. The first-order valence-electron chi connectivity index (χ1n) is 27.5. The molecule has 0 heterocycles.